The first-order chi connectivity index (χ1) is 12.0. The summed E-state index contributed by atoms with van der Waals surface area (Å²) < 4.78 is 10.6. The number of hydrazine groups is 1. The normalized spacial score (nSPS) is 10.0. The second kappa shape index (κ2) is 8.94. The molecule has 0 heterocycles. The fourth-order valence-corrected chi connectivity index (χ4v) is 2.37. The number of nitrogens with one attached hydrogen (secondary N) is 2. The van der Waals surface area contributed by atoms with Crippen LogP contribution in [0.25, 0.3) is 0 Å². The predicted octanol–water partition coefficient (Wildman–Crippen LogP) is 2.75. The van der Waals surface area contributed by atoms with Crippen molar-refractivity contribution in [2.24, 2.45) is 0 Å². The lowest BCUT2D eigenvalue weighted by molar-refractivity contribution is -0.121. The fourth-order valence-electron chi connectivity index (χ4n) is 2.16. The summed E-state index contributed by atoms with van der Waals surface area (Å²) in [5.41, 5.74) is 5.83. The molecule has 2 rings (SSSR count). The molecule has 2 aromatic carbocycles. The summed E-state index contributed by atoms with van der Waals surface area (Å²) in [5, 5.41) is 0.552. The molecule has 0 saturated heterocycles. The van der Waals surface area contributed by atoms with Gasteiger partial charge in [-0.3, -0.25) is 20.4 Å². The van der Waals surface area contributed by atoms with E-state index in [1.807, 2.05) is 6.92 Å². The van der Waals surface area contributed by atoms with Gasteiger partial charge in [0.25, 0.3) is 5.91 Å². The SMILES string of the molecule is CCOc1ccc(C(=O)NNC(=O)Cc2cccc(Cl)c2)cc1OC. The van der Waals surface area contributed by atoms with Crippen molar-refractivity contribution < 1.29 is 19.1 Å². The van der Waals surface area contributed by atoms with Crippen molar-refractivity contribution >= 4 is 23.4 Å². The van der Waals surface area contributed by atoms with Gasteiger partial charge in [-0.15, -0.1) is 0 Å². The van der Waals surface area contributed by atoms with Crippen LogP contribution in [0.3, 0.4) is 0 Å². The molecule has 0 saturated carbocycles. The van der Waals surface area contributed by atoms with Gasteiger partial charge in [-0.25, -0.2) is 0 Å². The van der Waals surface area contributed by atoms with Crippen LogP contribution in [0.5, 0.6) is 11.5 Å². The van der Waals surface area contributed by atoms with E-state index < -0.39 is 5.91 Å². The van der Waals surface area contributed by atoms with Gasteiger partial charge in [0, 0.05) is 10.6 Å². The summed E-state index contributed by atoms with van der Waals surface area (Å²) >= 11 is 5.88. The van der Waals surface area contributed by atoms with E-state index in [9.17, 15) is 9.59 Å². The molecule has 0 atom stereocenters. The zero-order valence-electron chi connectivity index (χ0n) is 14.0. The molecule has 0 bridgehead atoms. The third kappa shape index (κ3) is 5.39. The number of amides is 2. The lowest BCUT2D eigenvalue weighted by Crippen LogP contribution is -2.42. The number of carbonyl (C=O) groups excluding carboxylic acids is 2. The van der Waals surface area contributed by atoms with Crippen LogP contribution in [0.1, 0.15) is 22.8 Å². The maximum absolute atomic E-state index is 12.1. The van der Waals surface area contributed by atoms with Crippen LogP contribution in [0, 0.1) is 0 Å². The van der Waals surface area contributed by atoms with E-state index in [1.165, 1.54) is 7.11 Å². The topological polar surface area (TPSA) is 76.7 Å². The van der Waals surface area contributed by atoms with Gasteiger partial charge in [0.15, 0.2) is 11.5 Å². The summed E-state index contributed by atoms with van der Waals surface area (Å²) in [6.45, 7) is 2.34. The molecule has 7 heteroatoms. The van der Waals surface area contributed by atoms with E-state index in [0.29, 0.717) is 28.7 Å². The Morgan fingerprint density at radius 3 is 2.56 bits per heavy atom. The second-order valence-electron chi connectivity index (χ2n) is 5.11. The molecule has 6 nitrogen and oxygen atoms in total. The highest BCUT2D eigenvalue weighted by Crippen LogP contribution is 2.27. The van der Waals surface area contributed by atoms with Gasteiger partial charge in [-0.05, 0) is 42.8 Å². The minimum absolute atomic E-state index is 0.105. The minimum atomic E-state index is -0.458. The summed E-state index contributed by atoms with van der Waals surface area (Å²) in [7, 11) is 1.49. The van der Waals surface area contributed by atoms with E-state index in [-0.39, 0.29) is 12.3 Å². The third-order valence-electron chi connectivity index (χ3n) is 3.29. The van der Waals surface area contributed by atoms with E-state index in [1.54, 1.807) is 42.5 Å². The maximum Gasteiger partial charge on any atom is 0.269 e. The molecule has 2 N–H and O–H groups in total. The molecule has 0 fully saturated rings. The average molecular weight is 363 g/mol. The Labute approximate surface area is 151 Å². The zero-order chi connectivity index (χ0) is 18.2. The van der Waals surface area contributed by atoms with Gasteiger partial charge >= 0.3 is 0 Å². The number of carbonyl (C=O) groups is 2. The van der Waals surface area contributed by atoms with Gasteiger partial charge in [0.2, 0.25) is 5.91 Å². The summed E-state index contributed by atoms with van der Waals surface area (Å²) in [5.74, 6) is 0.181. The first-order valence-corrected chi connectivity index (χ1v) is 8.05. The molecule has 0 radical (unpaired) electrons. The number of hydrogen-bond donors (Lipinski definition) is 2. The monoisotopic (exact) mass is 362 g/mol. The van der Waals surface area contributed by atoms with Crippen LogP contribution in [-0.2, 0) is 11.2 Å². The molecule has 0 aliphatic heterocycles. The van der Waals surface area contributed by atoms with Crippen molar-refractivity contribution in [3.63, 3.8) is 0 Å². The quantitative estimate of drug-likeness (QED) is 0.775. The van der Waals surface area contributed by atoms with E-state index in [2.05, 4.69) is 10.9 Å². The summed E-state index contributed by atoms with van der Waals surface area (Å²) in [4.78, 5) is 24.1. The van der Waals surface area contributed by atoms with Crippen LogP contribution in [0.2, 0.25) is 5.02 Å². The van der Waals surface area contributed by atoms with Crippen molar-refractivity contribution in [1.29, 1.82) is 0 Å². The first-order valence-electron chi connectivity index (χ1n) is 7.68. The Morgan fingerprint density at radius 1 is 1.08 bits per heavy atom. The summed E-state index contributed by atoms with van der Waals surface area (Å²) in [6, 6.07) is 11.7. The van der Waals surface area contributed by atoms with Gasteiger partial charge in [-0.1, -0.05) is 23.7 Å². The number of benzene rings is 2. The number of ether oxygens (including phenoxy) is 2. The van der Waals surface area contributed by atoms with Gasteiger partial charge in [0.1, 0.15) is 0 Å². The van der Waals surface area contributed by atoms with Gasteiger partial charge in [0.05, 0.1) is 20.1 Å². The molecule has 0 aliphatic rings. The van der Waals surface area contributed by atoms with Crippen LogP contribution in [0.15, 0.2) is 42.5 Å². The molecule has 132 valence electrons. The Bertz CT molecular complexity index is 764. The second-order valence-corrected chi connectivity index (χ2v) is 5.54. The van der Waals surface area contributed by atoms with Crippen molar-refractivity contribution in [3.8, 4) is 11.5 Å². The molecular weight excluding hydrogens is 344 g/mol. The molecule has 2 aromatic rings. The Hall–Kier alpha value is -2.73. The zero-order valence-corrected chi connectivity index (χ0v) is 14.7. The number of methoxy groups -OCH3 is 1. The highest BCUT2D eigenvalue weighted by molar-refractivity contribution is 6.30. The third-order valence-corrected chi connectivity index (χ3v) is 3.53. The Balaban J connectivity index is 1.94. The molecular formula is C18H19ClN2O4. The predicted molar refractivity (Wildman–Crippen MR) is 94.9 cm³/mol. The van der Waals surface area contributed by atoms with E-state index in [4.69, 9.17) is 21.1 Å². The highest BCUT2D eigenvalue weighted by Gasteiger charge is 2.12. The van der Waals surface area contributed by atoms with Gasteiger partial charge < -0.3 is 9.47 Å². The number of hydrogen-bond acceptors (Lipinski definition) is 4. The van der Waals surface area contributed by atoms with Crippen molar-refractivity contribution in [2.45, 2.75) is 13.3 Å². The molecule has 0 aromatic heterocycles. The molecule has 2 amide bonds. The number of rotatable bonds is 6. The van der Waals surface area contributed by atoms with Crippen molar-refractivity contribution in [2.75, 3.05) is 13.7 Å². The smallest absolute Gasteiger partial charge is 0.269 e. The van der Waals surface area contributed by atoms with Crippen LogP contribution < -0.4 is 20.3 Å². The highest BCUT2D eigenvalue weighted by atomic mass is 35.5. The standard InChI is InChI=1S/C18H19ClN2O4/c1-3-25-15-8-7-13(11-16(15)24-2)18(23)21-20-17(22)10-12-5-4-6-14(19)9-12/h4-9,11H,3,10H2,1-2H3,(H,20,22)(H,21,23). The lowest BCUT2D eigenvalue weighted by Gasteiger charge is -2.11. The average Bonchev–Trinajstić information content (AvgIpc) is 2.60. The lowest BCUT2D eigenvalue weighted by atomic mass is 10.1. The summed E-state index contributed by atoms with van der Waals surface area (Å²) in [6.07, 6.45) is 0.105. The molecule has 0 unspecified atom stereocenters. The Kier molecular flexibility index (Phi) is 6.65. The molecule has 0 aliphatic carbocycles. The van der Waals surface area contributed by atoms with Gasteiger partial charge in [-0.2, -0.15) is 0 Å². The molecule has 25 heavy (non-hydrogen) atoms. The van der Waals surface area contributed by atoms with Crippen molar-refractivity contribution in [3.05, 3.63) is 58.6 Å². The largest absolute Gasteiger partial charge is 0.493 e. The molecule has 0 spiro atoms. The Morgan fingerprint density at radius 2 is 1.88 bits per heavy atom. The van der Waals surface area contributed by atoms with Crippen LogP contribution in [0.4, 0.5) is 0 Å². The number of halogens is 1. The van der Waals surface area contributed by atoms with Crippen molar-refractivity contribution in [1.82, 2.24) is 10.9 Å². The minimum Gasteiger partial charge on any atom is -0.493 e. The van der Waals surface area contributed by atoms with E-state index in [0.717, 1.165) is 5.56 Å². The van der Waals surface area contributed by atoms with Crippen LogP contribution >= 0.6 is 11.6 Å². The maximum atomic E-state index is 12.1. The van der Waals surface area contributed by atoms with Crippen LogP contribution in [-0.4, -0.2) is 25.5 Å². The first kappa shape index (κ1) is 18.6. The fraction of sp³-hybridized carbons (Fsp3) is 0.222. The van der Waals surface area contributed by atoms with E-state index >= 15 is 0 Å².